The van der Waals surface area contributed by atoms with Gasteiger partial charge in [-0.1, -0.05) is 52.7 Å². The van der Waals surface area contributed by atoms with E-state index in [1.165, 1.54) is 5.56 Å². The molecule has 1 aromatic carbocycles. The third kappa shape index (κ3) is 5.98. The van der Waals surface area contributed by atoms with E-state index in [1.807, 2.05) is 24.3 Å². The third-order valence-corrected chi connectivity index (χ3v) is 3.28. The smallest absolute Gasteiger partial charge is 0.313 e. The molecule has 21 heavy (non-hydrogen) atoms. The first-order chi connectivity index (χ1) is 9.84. The van der Waals surface area contributed by atoms with E-state index in [0.717, 1.165) is 19.3 Å². The van der Waals surface area contributed by atoms with Crippen LogP contribution in [0.2, 0.25) is 0 Å². The highest BCUT2D eigenvalue weighted by Gasteiger charge is 2.15. The van der Waals surface area contributed by atoms with Crippen LogP contribution in [-0.2, 0) is 15.0 Å². The number of benzene rings is 1. The van der Waals surface area contributed by atoms with E-state index in [9.17, 15) is 9.59 Å². The van der Waals surface area contributed by atoms with Crippen molar-refractivity contribution in [2.45, 2.75) is 52.4 Å². The van der Waals surface area contributed by atoms with Gasteiger partial charge in [0.1, 0.15) is 0 Å². The number of nitrogens with one attached hydrogen (secondary N) is 2. The highest BCUT2D eigenvalue weighted by molar-refractivity contribution is 6.39. The van der Waals surface area contributed by atoms with Gasteiger partial charge in [-0.3, -0.25) is 9.59 Å². The fourth-order valence-corrected chi connectivity index (χ4v) is 1.90. The molecule has 0 radical (unpaired) electrons. The Balaban J connectivity index is 2.49. The number of carbonyl (C=O) groups excluding carboxylic acids is 2. The van der Waals surface area contributed by atoms with Crippen molar-refractivity contribution >= 4 is 17.5 Å². The number of hydrogen-bond donors (Lipinski definition) is 2. The maximum Gasteiger partial charge on any atom is 0.313 e. The molecule has 4 heteroatoms. The van der Waals surface area contributed by atoms with Crippen LogP contribution in [0.1, 0.15) is 52.5 Å². The SMILES string of the molecule is CCCCCNC(=O)C(=O)Nc1ccc(C(C)(C)C)cc1. The van der Waals surface area contributed by atoms with Crippen LogP contribution in [0.3, 0.4) is 0 Å². The summed E-state index contributed by atoms with van der Waals surface area (Å²) in [7, 11) is 0. The zero-order chi connectivity index (χ0) is 15.9. The van der Waals surface area contributed by atoms with Gasteiger partial charge in [0.2, 0.25) is 0 Å². The van der Waals surface area contributed by atoms with Crippen LogP contribution in [0, 0.1) is 0 Å². The third-order valence-electron chi connectivity index (χ3n) is 3.28. The number of hydrogen-bond acceptors (Lipinski definition) is 2. The van der Waals surface area contributed by atoms with Gasteiger partial charge in [0.25, 0.3) is 0 Å². The van der Waals surface area contributed by atoms with Crippen LogP contribution in [0.5, 0.6) is 0 Å². The van der Waals surface area contributed by atoms with Crippen molar-refractivity contribution in [1.29, 1.82) is 0 Å². The lowest BCUT2D eigenvalue weighted by Gasteiger charge is -2.19. The summed E-state index contributed by atoms with van der Waals surface area (Å²) in [5, 5.41) is 5.23. The Morgan fingerprint density at radius 3 is 2.14 bits per heavy atom. The maximum absolute atomic E-state index is 11.7. The Kier molecular flexibility index (Phi) is 6.40. The lowest BCUT2D eigenvalue weighted by Crippen LogP contribution is -2.35. The zero-order valence-electron chi connectivity index (χ0n) is 13.5. The van der Waals surface area contributed by atoms with E-state index < -0.39 is 11.8 Å². The first-order valence-electron chi connectivity index (χ1n) is 7.54. The molecule has 0 aliphatic rings. The summed E-state index contributed by atoms with van der Waals surface area (Å²) in [5.41, 5.74) is 1.89. The quantitative estimate of drug-likeness (QED) is 0.646. The summed E-state index contributed by atoms with van der Waals surface area (Å²) >= 11 is 0. The highest BCUT2D eigenvalue weighted by Crippen LogP contribution is 2.23. The molecule has 2 N–H and O–H groups in total. The van der Waals surface area contributed by atoms with Gasteiger partial charge in [-0.2, -0.15) is 0 Å². The van der Waals surface area contributed by atoms with Gasteiger partial charge in [0.15, 0.2) is 0 Å². The summed E-state index contributed by atoms with van der Waals surface area (Å²) in [6, 6.07) is 7.58. The van der Waals surface area contributed by atoms with Crippen molar-refractivity contribution in [1.82, 2.24) is 5.32 Å². The molecule has 116 valence electrons. The lowest BCUT2D eigenvalue weighted by molar-refractivity contribution is -0.136. The lowest BCUT2D eigenvalue weighted by atomic mass is 9.87. The van der Waals surface area contributed by atoms with E-state index in [0.29, 0.717) is 12.2 Å². The molecule has 2 amide bonds. The first-order valence-corrected chi connectivity index (χ1v) is 7.54. The predicted octanol–water partition coefficient (Wildman–Crippen LogP) is 3.23. The molecule has 0 saturated heterocycles. The van der Waals surface area contributed by atoms with Crippen molar-refractivity contribution in [2.75, 3.05) is 11.9 Å². The van der Waals surface area contributed by atoms with Gasteiger partial charge in [-0.05, 0) is 29.5 Å². The van der Waals surface area contributed by atoms with Gasteiger partial charge in [-0.25, -0.2) is 0 Å². The number of anilines is 1. The summed E-state index contributed by atoms with van der Waals surface area (Å²) in [6.07, 6.45) is 3.04. The van der Waals surface area contributed by atoms with Gasteiger partial charge in [0, 0.05) is 12.2 Å². The Morgan fingerprint density at radius 2 is 1.62 bits per heavy atom. The van der Waals surface area contributed by atoms with Crippen molar-refractivity contribution in [3.8, 4) is 0 Å². The molecule has 0 unspecified atom stereocenters. The minimum Gasteiger partial charge on any atom is -0.348 e. The van der Waals surface area contributed by atoms with Crippen molar-refractivity contribution in [2.24, 2.45) is 0 Å². The van der Waals surface area contributed by atoms with E-state index in [1.54, 1.807) is 0 Å². The average Bonchev–Trinajstić information content (AvgIpc) is 2.43. The number of amides is 2. The molecule has 0 bridgehead atoms. The van der Waals surface area contributed by atoms with Gasteiger partial charge < -0.3 is 10.6 Å². The normalized spacial score (nSPS) is 11.0. The molecule has 0 aliphatic heterocycles. The Labute approximate surface area is 127 Å². The molecular weight excluding hydrogens is 264 g/mol. The van der Waals surface area contributed by atoms with Crippen molar-refractivity contribution in [3.05, 3.63) is 29.8 Å². The second-order valence-electron chi connectivity index (χ2n) is 6.24. The summed E-state index contributed by atoms with van der Waals surface area (Å²) in [5.74, 6) is -1.19. The summed E-state index contributed by atoms with van der Waals surface area (Å²) in [6.45, 7) is 9.03. The average molecular weight is 290 g/mol. The molecule has 1 aromatic rings. The van der Waals surface area contributed by atoms with E-state index in [-0.39, 0.29) is 5.41 Å². The second kappa shape index (κ2) is 7.81. The monoisotopic (exact) mass is 290 g/mol. The van der Waals surface area contributed by atoms with Crippen molar-refractivity contribution in [3.63, 3.8) is 0 Å². The van der Waals surface area contributed by atoms with Crippen LogP contribution in [0.4, 0.5) is 5.69 Å². The topological polar surface area (TPSA) is 58.2 Å². The van der Waals surface area contributed by atoms with Crippen LogP contribution < -0.4 is 10.6 Å². The number of unbranched alkanes of at least 4 members (excludes halogenated alkanes) is 2. The molecule has 0 atom stereocenters. The maximum atomic E-state index is 11.7. The molecule has 0 heterocycles. The van der Waals surface area contributed by atoms with Gasteiger partial charge in [-0.15, -0.1) is 0 Å². The Bertz CT molecular complexity index is 473. The largest absolute Gasteiger partial charge is 0.348 e. The first kappa shape index (κ1) is 17.2. The Hall–Kier alpha value is -1.84. The molecule has 0 saturated carbocycles. The fourth-order valence-electron chi connectivity index (χ4n) is 1.90. The number of carbonyl (C=O) groups is 2. The molecule has 0 aromatic heterocycles. The molecule has 0 fully saturated rings. The zero-order valence-corrected chi connectivity index (χ0v) is 13.5. The van der Waals surface area contributed by atoms with Crippen molar-refractivity contribution < 1.29 is 9.59 Å². The van der Waals surface area contributed by atoms with Crippen LogP contribution in [0.15, 0.2) is 24.3 Å². The van der Waals surface area contributed by atoms with Crippen LogP contribution in [0.25, 0.3) is 0 Å². The summed E-state index contributed by atoms with van der Waals surface area (Å²) in [4.78, 5) is 23.3. The minimum absolute atomic E-state index is 0.0686. The molecule has 0 spiro atoms. The second-order valence-corrected chi connectivity index (χ2v) is 6.24. The highest BCUT2D eigenvalue weighted by atomic mass is 16.2. The molecule has 4 nitrogen and oxygen atoms in total. The fraction of sp³-hybridized carbons (Fsp3) is 0.529. The minimum atomic E-state index is -0.616. The van der Waals surface area contributed by atoms with E-state index >= 15 is 0 Å². The van der Waals surface area contributed by atoms with Gasteiger partial charge >= 0.3 is 11.8 Å². The van der Waals surface area contributed by atoms with E-state index in [4.69, 9.17) is 0 Å². The summed E-state index contributed by atoms with van der Waals surface area (Å²) < 4.78 is 0. The predicted molar refractivity (Wildman–Crippen MR) is 86.3 cm³/mol. The van der Waals surface area contributed by atoms with Crippen LogP contribution in [-0.4, -0.2) is 18.4 Å². The standard InChI is InChI=1S/C17H26N2O2/c1-5-6-7-12-18-15(20)16(21)19-14-10-8-13(9-11-14)17(2,3)4/h8-11H,5-7,12H2,1-4H3,(H,18,20)(H,19,21). The van der Waals surface area contributed by atoms with Crippen LogP contribution >= 0.6 is 0 Å². The molecular formula is C17H26N2O2. The van der Waals surface area contributed by atoms with Gasteiger partial charge in [0.05, 0.1) is 0 Å². The Morgan fingerprint density at radius 1 is 1.00 bits per heavy atom. The number of rotatable bonds is 5. The molecule has 0 aliphatic carbocycles. The van der Waals surface area contributed by atoms with E-state index in [2.05, 4.69) is 38.3 Å². The molecule has 1 rings (SSSR count).